The molecular formula is C17H27N5O3. The molecule has 0 saturated heterocycles. The van der Waals surface area contributed by atoms with Crippen molar-refractivity contribution in [1.29, 1.82) is 0 Å². The van der Waals surface area contributed by atoms with Crippen LogP contribution in [-0.4, -0.2) is 41.4 Å². The molecule has 0 saturated carbocycles. The lowest BCUT2D eigenvalue weighted by Crippen LogP contribution is -2.38. The molecule has 0 aliphatic heterocycles. The molecule has 0 bridgehead atoms. The first-order valence-electron chi connectivity index (χ1n) is 8.18. The molecule has 8 heteroatoms. The summed E-state index contributed by atoms with van der Waals surface area (Å²) in [6.45, 7) is 4.93. The summed E-state index contributed by atoms with van der Waals surface area (Å²) < 4.78 is 2.38. The van der Waals surface area contributed by atoms with Crippen molar-refractivity contribution in [3.05, 3.63) is 38.1 Å². The van der Waals surface area contributed by atoms with Gasteiger partial charge in [-0.2, -0.15) is 0 Å². The quantitative estimate of drug-likeness (QED) is 0.516. The summed E-state index contributed by atoms with van der Waals surface area (Å²) in [6.07, 6.45) is 4.44. The molecule has 25 heavy (non-hydrogen) atoms. The van der Waals surface area contributed by atoms with Crippen molar-refractivity contribution >= 4 is 17.9 Å². The van der Waals surface area contributed by atoms with Gasteiger partial charge in [-0.05, 0) is 39.4 Å². The van der Waals surface area contributed by atoms with Crippen molar-refractivity contribution in [2.75, 3.05) is 20.1 Å². The number of aliphatic imine (C=N–C) groups is 1. The van der Waals surface area contributed by atoms with Gasteiger partial charge in [0.15, 0.2) is 0 Å². The normalized spacial score (nSPS) is 12.0. The van der Waals surface area contributed by atoms with Gasteiger partial charge in [0.2, 0.25) is 5.91 Å². The zero-order valence-corrected chi connectivity index (χ0v) is 15.5. The molecule has 2 N–H and O–H groups in total. The predicted molar refractivity (Wildman–Crippen MR) is 99.7 cm³/mol. The molecule has 0 fully saturated rings. The average molecular weight is 349 g/mol. The third-order valence-corrected chi connectivity index (χ3v) is 3.78. The Balaban J connectivity index is 2.77. The Morgan fingerprint density at radius 2 is 1.88 bits per heavy atom. The van der Waals surface area contributed by atoms with Gasteiger partial charge in [-0.25, -0.2) is 9.79 Å². The number of hydrogen-bond donors (Lipinski definition) is 2. The predicted octanol–water partition coefficient (Wildman–Crippen LogP) is 0.157. The highest BCUT2D eigenvalue weighted by atomic mass is 16.2. The van der Waals surface area contributed by atoms with Crippen molar-refractivity contribution in [1.82, 2.24) is 19.8 Å². The Kier molecular flexibility index (Phi) is 8.00. The topological polar surface area (TPSA) is 97.5 Å². The van der Waals surface area contributed by atoms with Crippen LogP contribution in [-0.2, 0) is 18.9 Å². The smallest absolute Gasteiger partial charge is 0.332 e. The highest BCUT2D eigenvalue weighted by Gasteiger charge is 2.10. The van der Waals surface area contributed by atoms with Gasteiger partial charge >= 0.3 is 5.69 Å². The summed E-state index contributed by atoms with van der Waals surface area (Å²) in [6, 6.07) is 0. The molecule has 0 aliphatic rings. The van der Waals surface area contributed by atoms with Crippen LogP contribution in [0.3, 0.4) is 0 Å². The van der Waals surface area contributed by atoms with E-state index in [2.05, 4.69) is 15.6 Å². The molecule has 138 valence electrons. The summed E-state index contributed by atoms with van der Waals surface area (Å²) in [5.74, 6) is 0.262. The van der Waals surface area contributed by atoms with Gasteiger partial charge in [0.25, 0.3) is 5.56 Å². The van der Waals surface area contributed by atoms with E-state index in [1.54, 1.807) is 26.3 Å². The number of rotatable bonds is 8. The Labute approximate surface area is 147 Å². The highest BCUT2D eigenvalue weighted by molar-refractivity contribution is 5.83. The molecule has 1 aromatic heterocycles. The lowest BCUT2D eigenvalue weighted by Gasteiger charge is -2.08. The largest absolute Gasteiger partial charge is 0.356 e. The van der Waals surface area contributed by atoms with E-state index in [-0.39, 0.29) is 17.9 Å². The molecule has 1 aromatic rings. The fourth-order valence-electron chi connectivity index (χ4n) is 2.22. The Morgan fingerprint density at radius 1 is 1.20 bits per heavy atom. The number of aromatic nitrogens is 2. The highest BCUT2D eigenvalue weighted by Crippen LogP contribution is 2.11. The standard InChI is InChI=1S/C17H27N5O3/c1-12(7-8-14(23)19-10-6-9-18-3)11-20-15-13(2)16(24)22(5)17(25)21(15)4/h7,11,18H,6,8-10H2,1-5H3,(H,19,23)/b12-7-,20-11-. The first-order chi connectivity index (χ1) is 11.8. The van der Waals surface area contributed by atoms with Gasteiger partial charge < -0.3 is 10.6 Å². The molecule has 1 heterocycles. The van der Waals surface area contributed by atoms with Crippen LogP contribution in [0.1, 0.15) is 25.3 Å². The summed E-state index contributed by atoms with van der Waals surface area (Å²) in [7, 11) is 4.87. The average Bonchev–Trinajstić information content (AvgIpc) is 2.60. The van der Waals surface area contributed by atoms with Crippen LogP contribution in [0.4, 0.5) is 5.82 Å². The lowest BCUT2D eigenvalue weighted by molar-refractivity contribution is -0.120. The summed E-state index contributed by atoms with van der Waals surface area (Å²) >= 11 is 0. The molecule has 8 nitrogen and oxygen atoms in total. The molecule has 0 aliphatic carbocycles. The van der Waals surface area contributed by atoms with E-state index in [9.17, 15) is 14.4 Å². The number of carbonyl (C=O) groups excluding carboxylic acids is 1. The third kappa shape index (κ3) is 5.82. The van der Waals surface area contributed by atoms with Crippen LogP contribution in [0.2, 0.25) is 0 Å². The van der Waals surface area contributed by atoms with Crippen LogP contribution >= 0.6 is 0 Å². The van der Waals surface area contributed by atoms with Crippen molar-refractivity contribution in [2.45, 2.75) is 26.7 Å². The molecule has 0 unspecified atom stereocenters. The monoisotopic (exact) mass is 349 g/mol. The van der Waals surface area contributed by atoms with E-state index in [1.807, 2.05) is 14.0 Å². The van der Waals surface area contributed by atoms with Crippen LogP contribution in [0, 0.1) is 6.92 Å². The maximum absolute atomic E-state index is 12.0. The first-order valence-corrected chi connectivity index (χ1v) is 8.18. The summed E-state index contributed by atoms with van der Waals surface area (Å²) in [5, 5.41) is 5.84. The zero-order valence-electron chi connectivity index (χ0n) is 15.5. The van der Waals surface area contributed by atoms with Gasteiger partial charge in [-0.15, -0.1) is 0 Å². The minimum Gasteiger partial charge on any atom is -0.356 e. The Hall–Kier alpha value is -2.48. The number of hydrogen-bond acceptors (Lipinski definition) is 5. The summed E-state index contributed by atoms with van der Waals surface area (Å²) in [5.41, 5.74) is 0.386. The van der Waals surface area contributed by atoms with Gasteiger partial charge in [0, 0.05) is 33.3 Å². The number of nitrogens with one attached hydrogen (secondary N) is 2. The van der Waals surface area contributed by atoms with Gasteiger partial charge in [-0.1, -0.05) is 6.08 Å². The second-order valence-electron chi connectivity index (χ2n) is 5.87. The number of amides is 1. The van der Waals surface area contributed by atoms with Crippen LogP contribution in [0.15, 0.2) is 26.2 Å². The Bertz CT molecular complexity index is 749. The number of carbonyl (C=O) groups is 1. The van der Waals surface area contributed by atoms with Gasteiger partial charge in [0.05, 0.1) is 5.56 Å². The molecule has 0 atom stereocenters. The van der Waals surface area contributed by atoms with E-state index < -0.39 is 5.69 Å². The molecular weight excluding hydrogens is 322 g/mol. The minimum atomic E-state index is -0.426. The van der Waals surface area contributed by atoms with E-state index in [4.69, 9.17) is 0 Å². The number of nitrogens with zero attached hydrogens (tertiary/aromatic N) is 3. The fraction of sp³-hybridized carbons (Fsp3) is 0.529. The lowest BCUT2D eigenvalue weighted by atomic mass is 10.2. The Morgan fingerprint density at radius 3 is 2.52 bits per heavy atom. The van der Waals surface area contributed by atoms with Crippen LogP contribution in [0.5, 0.6) is 0 Å². The third-order valence-electron chi connectivity index (χ3n) is 3.78. The second kappa shape index (κ2) is 9.73. The number of allylic oxidation sites excluding steroid dienone is 1. The van der Waals surface area contributed by atoms with E-state index in [0.29, 0.717) is 17.9 Å². The molecule has 0 radical (unpaired) electrons. The van der Waals surface area contributed by atoms with Crippen molar-refractivity contribution < 1.29 is 4.79 Å². The fourth-order valence-corrected chi connectivity index (χ4v) is 2.22. The van der Waals surface area contributed by atoms with Crippen molar-refractivity contribution in [2.24, 2.45) is 19.1 Å². The van der Waals surface area contributed by atoms with Crippen LogP contribution in [0.25, 0.3) is 0 Å². The molecule has 1 amide bonds. The SMILES string of the molecule is CNCCCNC(=O)C/C=C(C)\C=N/c1c(C)c(=O)n(C)c(=O)n1C. The minimum absolute atomic E-state index is 0.0546. The van der Waals surface area contributed by atoms with Gasteiger partial charge in [-0.3, -0.25) is 18.7 Å². The van der Waals surface area contributed by atoms with Crippen molar-refractivity contribution in [3.8, 4) is 0 Å². The van der Waals surface area contributed by atoms with Crippen molar-refractivity contribution in [3.63, 3.8) is 0 Å². The maximum atomic E-state index is 12.0. The van der Waals surface area contributed by atoms with Gasteiger partial charge in [0.1, 0.15) is 5.82 Å². The molecule has 1 rings (SSSR count). The van der Waals surface area contributed by atoms with E-state index in [1.165, 1.54) is 11.6 Å². The van der Waals surface area contributed by atoms with Crippen LogP contribution < -0.4 is 21.9 Å². The maximum Gasteiger partial charge on any atom is 0.332 e. The first kappa shape index (κ1) is 20.6. The van der Waals surface area contributed by atoms with E-state index >= 15 is 0 Å². The molecule has 0 aromatic carbocycles. The molecule has 0 spiro atoms. The summed E-state index contributed by atoms with van der Waals surface area (Å²) in [4.78, 5) is 39.9. The van der Waals surface area contributed by atoms with E-state index in [0.717, 1.165) is 23.1 Å². The zero-order chi connectivity index (χ0) is 19.0. The second-order valence-corrected chi connectivity index (χ2v) is 5.87.